The topological polar surface area (TPSA) is 81.9 Å². The number of nitrogens with two attached hydrogens (primary N) is 1. The van der Waals surface area contributed by atoms with Gasteiger partial charge in [-0.3, -0.25) is 9.59 Å². The Morgan fingerprint density at radius 3 is 2.64 bits per heavy atom. The van der Waals surface area contributed by atoms with E-state index in [0.29, 0.717) is 13.1 Å². The number of hydrazine groups is 1. The fourth-order valence-electron chi connectivity index (χ4n) is 4.84. The summed E-state index contributed by atoms with van der Waals surface area (Å²) in [5.41, 5.74) is 1.45. The number of nitrogens with zero attached hydrogens (tertiary/aromatic N) is 3. The third kappa shape index (κ3) is 4.97. The first-order valence-corrected chi connectivity index (χ1v) is 11.7. The van der Waals surface area contributed by atoms with Crippen molar-refractivity contribution in [1.29, 1.82) is 0 Å². The zero-order valence-electron chi connectivity index (χ0n) is 20.1. The van der Waals surface area contributed by atoms with Crippen molar-refractivity contribution < 1.29 is 22.8 Å². The first-order valence-electron chi connectivity index (χ1n) is 11.7. The van der Waals surface area contributed by atoms with Crippen molar-refractivity contribution in [3.63, 3.8) is 0 Å². The van der Waals surface area contributed by atoms with E-state index in [1.165, 1.54) is 12.1 Å². The number of para-hydroxylation sites is 1. The molecule has 2 aromatic carbocycles. The lowest BCUT2D eigenvalue weighted by Gasteiger charge is -2.39. The summed E-state index contributed by atoms with van der Waals surface area (Å²) < 4.78 is 39.7. The van der Waals surface area contributed by atoms with Gasteiger partial charge in [-0.2, -0.15) is 13.2 Å². The lowest BCUT2D eigenvalue weighted by Crippen LogP contribution is -2.60. The number of carbonyl (C=O) groups excluding carboxylic acids is 2. The molecule has 2 atom stereocenters. The van der Waals surface area contributed by atoms with Crippen LogP contribution in [0.25, 0.3) is 0 Å². The van der Waals surface area contributed by atoms with Crippen molar-refractivity contribution in [1.82, 2.24) is 9.91 Å². The highest BCUT2D eigenvalue weighted by Gasteiger charge is 2.41. The molecule has 7 nitrogen and oxygen atoms in total. The van der Waals surface area contributed by atoms with Gasteiger partial charge in [-0.05, 0) is 68.9 Å². The zero-order valence-corrected chi connectivity index (χ0v) is 20.1. The number of anilines is 2. The normalized spacial score (nSPS) is 19.5. The Labute approximate surface area is 208 Å². The average Bonchev–Trinajstić information content (AvgIpc) is 3.07. The molecule has 2 unspecified atom stereocenters. The standard InChI is InChI=1S/C26H28F3N5O2/c1-3-8-22(35)32-14-5-4-12-20(16-32)33-23-17(2)9-6-13-21(23)31-25(33)34(30)24(36)18-10-7-11-19(15-18)26(27,28)29/h6-7,9-11,13,15,20,25,31H,4-5,12,14,16,30H2,1-2H3. The van der Waals surface area contributed by atoms with Crippen LogP contribution in [-0.4, -0.2) is 47.1 Å². The number of aryl methyl sites for hydroxylation is 1. The summed E-state index contributed by atoms with van der Waals surface area (Å²) in [6.07, 6.45) is -3.04. The number of alkyl halides is 3. The van der Waals surface area contributed by atoms with Crippen molar-refractivity contribution in [2.45, 2.75) is 51.6 Å². The quantitative estimate of drug-likeness (QED) is 0.289. The second kappa shape index (κ2) is 10.1. The number of carbonyl (C=O) groups is 2. The molecule has 1 saturated heterocycles. The highest BCUT2D eigenvalue weighted by atomic mass is 19.4. The maximum Gasteiger partial charge on any atom is 0.416 e. The number of hydrogen-bond acceptors (Lipinski definition) is 5. The minimum absolute atomic E-state index is 0.169. The Kier molecular flexibility index (Phi) is 7.13. The molecule has 0 aromatic heterocycles. The summed E-state index contributed by atoms with van der Waals surface area (Å²) in [6.45, 7) is 4.50. The second-order valence-corrected chi connectivity index (χ2v) is 8.96. The van der Waals surface area contributed by atoms with E-state index in [4.69, 9.17) is 5.84 Å². The minimum Gasteiger partial charge on any atom is -0.345 e. The Bertz CT molecular complexity index is 1220. The molecule has 0 spiro atoms. The molecule has 0 saturated carbocycles. The van der Waals surface area contributed by atoms with Gasteiger partial charge < -0.3 is 15.1 Å². The third-order valence-electron chi connectivity index (χ3n) is 6.54. The molecule has 0 aliphatic carbocycles. The van der Waals surface area contributed by atoms with E-state index >= 15 is 0 Å². The van der Waals surface area contributed by atoms with Crippen LogP contribution in [0.3, 0.4) is 0 Å². The first-order chi connectivity index (χ1) is 17.1. The summed E-state index contributed by atoms with van der Waals surface area (Å²) >= 11 is 0. The lowest BCUT2D eigenvalue weighted by molar-refractivity contribution is -0.137. The van der Waals surface area contributed by atoms with Crippen LogP contribution in [0.2, 0.25) is 0 Å². The maximum absolute atomic E-state index is 13.3. The van der Waals surface area contributed by atoms with Crippen LogP contribution in [0.1, 0.15) is 47.7 Å². The molecule has 0 radical (unpaired) electrons. The molecule has 3 N–H and O–H groups in total. The number of fused-ring (bicyclic) bond motifs is 1. The Balaban J connectivity index is 1.69. The van der Waals surface area contributed by atoms with Crippen molar-refractivity contribution >= 4 is 23.2 Å². The molecule has 2 heterocycles. The highest BCUT2D eigenvalue weighted by Crippen LogP contribution is 2.41. The molecule has 2 aliphatic rings. The molecule has 4 rings (SSSR count). The fourth-order valence-corrected chi connectivity index (χ4v) is 4.84. The summed E-state index contributed by atoms with van der Waals surface area (Å²) in [5, 5.41) is 4.19. The van der Waals surface area contributed by atoms with E-state index in [1.807, 2.05) is 30.0 Å². The van der Waals surface area contributed by atoms with Gasteiger partial charge in [0.1, 0.15) is 0 Å². The number of benzene rings is 2. The number of hydrogen-bond donors (Lipinski definition) is 2. The van der Waals surface area contributed by atoms with E-state index in [1.54, 1.807) is 11.8 Å². The summed E-state index contributed by atoms with van der Waals surface area (Å²) in [6, 6.07) is 9.68. The molecular weight excluding hydrogens is 471 g/mol. The summed E-state index contributed by atoms with van der Waals surface area (Å²) in [4.78, 5) is 29.5. The fraction of sp³-hybridized carbons (Fsp3) is 0.385. The van der Waals surface area contributed by atoms with Crippen molar-refractivity contribution in [3.05, 3.63) is 59.2 Å². The highest BCUT2D eigenvalue weighted by molar-refractivity contribution is 5.95. The van der Waals surface area contributed by atoms with Gasteiger partial charge in [-0.1, -0.05) is 24.1 Å². The molecule has 36 heavy (non-hydrogen) atoms. The van der Waals surface area contributed by atoms with Gasteiger partial charge in [0, 0.05) is 18.7 Å². The number of nitrogens with one attached hydrogen (secondary N) is 1. The van der Waals surface area contributed by atoms with Crippen LogP contribution in [0, 0.1) is 18.8 Å². The Hall–Kier alpha value is -3.71. The third-order valence-corrected chi connectivity index (χ3v) is 6.54. The van der Waals surface area contributed by atoms with Crippen LogP contribution in [0.5, 0.6) is 0 Å². The van der Waals surface area contributed by atoms with Gasteiger partial charge in [0.05, 0.1) is 23.0 Å². The number of amides is 2. The van der Waals surface area contributed by atoms with Gasteiger partial charge in [0.15, 0.2) is 6.29 Å². The van der Waals surface area contributed by atoms with Crippen LogP contribution < -0.4 is 16.1 Å². The summed E-state index contributed by atoms with van der Waals surface area (Å²) in [7, 11) is 0. The van der Waals surface area contributed by atoms with Crippen molar-refractivity contribution in [2.24, 2.45) is 5.84 Å². The predicted molar refractivity (Wildman–Crippen MR) is 131 cm³/mol. The molecule has 1 fully saturated rings. The largest absolute Gasteiger partial charge is 0.416 e. The van der Waals surface area contributed by atoms with Gasteiger partial charge in [0.2, 0.25) is 0 Å². The van der Waals surface area contributed by atoms with E-state index < -0.39 is 23.9 Å². The van der Waals surface area contributed by atoms with E-state index in [-0.39, 0.29) is 17.5 Å². The summed E-state index contributed by atoms with van der Waals surface area (Å²) in [5.74, 6) is 10.5. The predicted octanol–water partition coefficient (Wildman–Crippen LogP) is 3.95. The van der Waals surface area contributed by atoms with Gasteiger partial charge in [-0.25, -0.2) is 10.9 Å². The van der Waals surface area contributed by atoms with Crippen LogP contribution in [0.4, 0.5) is 24.5 Å². The van der Waals surface area contributed by atoms with E-state index in [9.17, 15) is 22.8 Å². The SMILES string of the molecule is CC#CC(=O)N1CCCCC(N2c3c(C)cccc3NC2N(N)C(=O)c2cccc(C(F)(F)F)c2)C1. The van der Waals surface area contributed by atoms with E-state index in [2.05, 4.69) is 17.2 Å². The van der Waals surface area contributed by atoms with Crippen LogP contribution in [-0.2, 0) is 11.0 Å². The first kappa shape index (κ1) is 25.4. The number of halogens is 3. The van der Waals surface area contributed by atoms with Gasteiger partial charge in [0.25, 0.3) is 11.8 Å². The van der Waals surface area contributed by atoms with Gasteiger partial charge >= 0.3 is 6.18 Å². The van der Waals surface area contributed by atoms with Crippen LogP contribution in [0.15, 0.2) is 42.5 Å². The molecule has 2 aromatic rings. The molecule has 0 bridgehead atoms. The van der Waals surface area contributed by atoms with Crippen LogP contribution >= 0.6 is 0 Å². The Morgan fingerprint density at radius 2 is 1.92 bits per heavy atom. The minimum atomic E-state index is -4.58. The molecule has 2 amide bonds. The molecular formula is C26H28F3N5O2. The van der Waals surface area contributed by atoms with Crippen molar-refractivity contribution in [2.75, 3.05) is 23.3 Å². The smallest absolute Gasteiger partial charge is 0.345 e. The van der Waals surface area contributed by atoms with E-state index in [0.717, 1.165) is 53.3 Å². The molecule has 2 aliphatic heterocycles. The lowest BCUT2D eigenvalue weighted by atomic mass is 10.1. The zero-order chi connectivity index (χ0) is 26.0. The second-order valence-electron chi connectivity index (χ2n) is 8.96. The Morgan fingerprint density at radius 1 is 1.17 bits per heavy atom. The number of rotatable bonds is 3. The number of likely N-dealkylation sites (tertiary alicyclic amines) is 1. The average molecular weight is 500 g/mol. The van der Waals surface area contributed by atoms with Gasteiger partial charge in [-0.15, -0.1) is 0 Å². The van der Waals surface area contributed by atoms with Crippen molar-refractivity contribution in [3.8, 4) is 11.8 Å². The molecule has 190 valence electrons. The monoisotopic (exact) mass is 499 g/mol. The molecule has 10 heteroatoms. The maximum atomic E-state index is 13.3.